The molecule has 0 aliphatic carbocycles. The summed E-state index contributed by atoms with van der Waals surface area (Å²) in [5.41, 5.74) is 11.7. The molecule has 0 radical (unpaired) electrons. The summed E-state index contributed by atoms with van der Waals surface area (Å²) in [7, 11) is 0. The Morgan fingerprint density at radius 3 is 1.21 bits per heavy atom. The Kier molecular flexibility index (Phi) is 9.22. The largest absolute Gasteiger partial charge is 0.359 e. The van der Waals surface area contributed by atoms with E-state index in [2.05, 4.69) is 151 Å². The van der Waals surface area contributed by atoms with Crippen molar-refractivity contribution in [1.29, 1.82) is 0 Å². The lowest BCUT2D eigenvalue weighted by atomic mass is 9.92. The number of hydrogen-bond donors (Lipinski definition) is 1. The number of nitrogens with one attached hydrogen (secondary N) is 1. The number of fused-ring (bicyclic) bond motifs is 1. The summed E-state index contributed by atoms with van der Waals surface area (Å²) in [6.07, 6.45) is 2.21. The molecule has 1 aliphatic heterocycles. The van der Waals surface area contributed by atoms with Crippen molar-refractivity contribution in [3.8, 4) is 56.4 Å². The minimum atomic E-state index is 0.00452. The molecule has 5 heteroatoms. The van der Waals surface area contributed by atoms with Gasteiger partial charge in [0.2, 0.25) is 0 Å². The van der Waals surface area contributed by atoms with E-state index in [1.165, 1.54) is 27.5 Å². The highest BCUT2D eigenvalue weighted by Crippen LogP contribution is 2.36. The van der Waals surface area contributed by atoms with E-state index in [1.807, 2.05) is 66.7 Å². The first kappa shape index (κ1) is 34.7. The van der Waals surface area contributed by atoms with Gasteiger partial charge in [0, 0.05) is 22.3 Å². The lowest BCUT2D eigenvalue weighted by Crippen LogP contribution is -2.31. The molecule has 1 aliphatic rings. The van der Waals surface area contributed by atoms with Gasteiger partial charge in [-0.3, -0.25) is 0 Å². The van der Waals surface area contributed by atoms with Gasteiger partial charge in [-0.15, -0.1) is 0 Å². The molecule has 1 aromatic heterocycles. The first-order valence-electron chi connectivity index (χ1n) is 19.5. The van der Waals surface area contributed by atoms with Gasteiger partial charge in [-0.05, 0) is 50.2 Å². The highest BCUT2D eigenvalue weighted by Gasteiger charge is 2.20. The van der Waals surface area contributed by atoms with Gasteiger partial charge in [-0.1, -0.05) is 206 Å². The maximum atomic E-state index is 5.11. The van der Waals surface area contributed by atoms with Crippen molar-refractivity contribution in [2.75, 3.05) is 0 Å². The summed E-state index contributed by atoms with van der Waals surface area (Å²) in [6.45, 7) is 0. The number of nitrogens with zero attached hydrogens (tertiary/aromatic N) is 4. The van der Waals surface area contributed by atoms with Crippen molar-refractivity contribution >= 4 is 22.3 Å². The Hall–Kier alpha value is -7.76. The van der Waals surface area contributed by atoms with Crippen LogP contribution in [-0.2, 0) is 0 Å². The van der Waals surface area contributed by atoms with Crippen LogP contribution in [0, 0.1) is 0 Å². The van der Waals surface area contributed by atoms with Gasteiger partial charge in [0.15, 0.2) is 17.5 Å². The molecule has 10 rings (SSSR count). The molecule has 274 valence electrons. The first-order valence-corrected chi connectivity index (χ1v) is 19.5. The standard InChI is InChI=1S/C53H37N5/c1-5-15-38(16-6-1)48-35-49(39-17-7-2-8-18-39)55-50(54-48)42-31-27-36(28-32-42)44-23-13-26-47-45(24-14-25-46(44)47)37-29-33-43(34-30-37)53-57-51(40-19-9-3-10-20-40)56-52(58-53)41-21-11-4-12-22-41/h1-35,48H,(H,54,55). The van der Waals surface area contributed by atoms with E-state index >= 15 is 0 Å². The molecule has 0 fully saturated rings. The van der Waals surface area contributed by atoms with E-state index < -0.39 is 0 Å². The monoisotopic (exact) mass is 743 g/mol. The molecule has 58 heavy (non-hydrogen) atoms. The van der Waals surface area contributed by atoms with Crippen LogP contribution in [-0.4, -0.2) is 20.8 Å². The van der Waals surface area contributed by atoms with Crippen molar-refractivity contribution in [1.82, 2.24) is 20.3 Å². The maximum Gasteiger partial charge on any atom is 0.164 e. The molecule has 0 saturated heterocycles. The summed E-state index contributed by atoms with van der Waals surface area (Å²) in [6, 6.07) is 71.5. The van der Waals surface area contributed by atoms with E-state index in [9.17, 15) is 0 Å². The fourth-order valence-electron chi connectivity index (χ4n) is 7.65. The van der Waals surface area contributed by atoms with Crippen LogP contribution in [0.1, 0.15) is 22.7 Å². The minimum absolute atomic E-state index is 0.00452. The molecule has 1 unspecified atom stereocenters. The Morgan fingerprint density at radius 2 is 0.724 bits per heavy atom. The molecule has 5 nitrogen and oxygen atoms in total. The minimum Gasteiger partial charge on any atom is -0.359 e. The van der Waals surface area contributed by atoms with E-state index in [-0.39, 0.29) is 6.04 Å². The maximum absolute atomic E-state index is 5.11. The fraction of sp³-hybridized carbons (Fsp3) is 0.0189. The predicted octanol–water partition coefficient (Wildman–Crippen LogP) is 12.5. The van der Waals surface area contributed by atoms with Crippen molar-refractivity contribution in [2.24, 2.45) is 4.99 Å². The summed E-state index contributed by atoms with van der Waals surface area (Å²) in [5, 5.41) is 6.08. The average Bonchev–Trinajstić information content (AvgIpc) is 3.32. The number of benzene rings is 8. The van der Waals surface area contributed by atoms with Crippen LogP contribution in [0.3, 0.4) is 0 Å². The van der Waals surface area contributed by atoms with Crippen LogP contribution >= 0.6 is 0 Å². The zero-order valence-corrected chi connectivity index (χ0v) is 31.6. The molecular formula is C53H37N5. The Balaban J connectivity index is 0.963. The molecule has 1 atom stereocenters. The summed E-state index contributed by atoms with van der Waals surface area (Å²) in [5.74, 6) is 2.79. The average molecular weight is 744 g/mol. The third-order valence-corrected chi connectivity index (χ3v) is 10.6. The van der Waals surface area contributed by atoms with Crippen LogP contribution in [0.2, 0.25) is 0 Å². The van der Waals surface area contributed by atoms with Crippen LogP contribution in [0.25, 0.3) is 72.9 Å². The van der Waals surface area contributed by atoms with Crippen LogP contribution in [0.4, 0.5) is 0 Å². The molecule has 2 heterocycles. The lowest BCUT2D eigenvalue weighted by Gasteiger charge is -2.24. The van der Waals surface area contributed by atoms with E-state index in [1.54, 1.807) is 0 Å². The molecule has 9 aromatic rings. The Morgan fingerprint density at radius 1 is 0.328 bits per heavy atom. The van der Waals surface area contributed by atoms with Crippen molar-refractivity contribution in [2.45, 2.75) is 6.04 Å². The van der Waals surface area contributed by atoms with Crippen molar-refractivity contribution in [3.05, 3.63) is 229 Å². The summed E-state index contributed by atoms with van der Waals surface area (Å²) >= 11 is 0. The molecular weight excluding hydrogens is 707 g/mol. The molecule has 0 spiro atoms. The Labute approximate surface area is 337 Å². The van der Waals surface area contributed by atoms with Gasteiger partial charge in [0.25, 0.3) is 0 Å². The zero-order chi connectivity index (χ0) is 38.7. The third kappa shape index (κ3) is 6.97. The highest BCUT2D eigenvalue weighted by molar-refractivity contribution is 6.06. The van der Waals surface area contributed by atoms with Crippen molar-refractivity contribution in [3.63, 3.8) is 0 Å². The van der Waals surface area contributed by atoms with Gasteiger partial charge in [-0.2, -0.15) is 0 Å². The molecule has 1 N–H and O–H groups in total. The highest BCUT2D eigenvalue weighted by atomic mass is 15.1. The third-order valence-electron chi connectivity index (χ3n) is 10.6. The van der Waals surface area contributed by atoms with E-state index in [4.69, 9.17) is 19.9 Å². The Bertz CT molecular complexity index is 2870. The second-order valence-corrected chi connectivity index (χ2v) is 14.3. The first-order chi connectivity index (χ1) is 28.7. The van der Waals surface area contributed by atoms with E-state index in [0.29, 0.717) is 17.5 Å². The number of rotatable bonds is 8. The number of amidine groups is 1. The van der Waals surface area contributed by atoms with Crippen LogP contribution < -0.4 is 5.32 Å². The van der Waals surface area contributed by atoms with Crippen LogP contribution in [0.5, 0.6) is 0 Å². The number of hydrogen-bond acceptors (Lipinski definition) is 5. The normalized spacial score (nSPS) is 13.7. The molecule has 8 aromatic carbocycles. The van der Waals surface area contributed by atoms with Crippen molar-refractivity contribution < 1.29 is 0 Å². The zero-order valence-electron chi connectivity index (χ0n) is 31.6. The van der Waals surface area contributed by atoms with Crippen LogP contribution in [0.15, 0.2) is 217 Å². The lowest BCUT2D eigenvalue weighted by molar-refractivity contribution is 0.781. The summed E-state index contributed by atoms with van der Waals surface area (Å²) < 4.78 is 0. The predicted molar refractivity (Wildman–Crippen MR) is 238 cm³/mol. The number of aromatic nitrogens is 3. The second-order valence-electron chi connectivity index (χ2n) is 14.3. The topological polar surface area (TPSA) is 63.1 Å². The molecule has 0 saturated carbocycles. The van der Waals surface area contributed by atoms with E-state index in [0.717, 1.165) is 50.5 Å². The van der Waals surface area contributed by atoms with Gasteiger partial charge >= 0.3 is 0 Å². The SMILES string of the molecule is C1=C(c2ccccc2)N=C(c2ccc(-c3cccc4c(-c5ccc(-c6nc(-c7ccccc7)nc(-c7ccccc7)n6)cc5)cccc34)cc2)NC1c1ccccc1. The summed E-state index contributed by atoms with van der Waals surface area (Å²) in [4.78, 5) is 19.8. The van der Waals surface area contributed by atoms with Gasteiger partial charge in [0.1, 0.15) is 5.84 Å². The second kappa shape index (κ2) is 15.4. The van der Waals surface area contributed by atoms with Gasteiger partial charge in [0.05, 0.1) is 11.7 Å². The van der Waals surface area contributed by atoms with Gasteiger partial charge < -0.3 is 5.32 Å². The molecule has 0 bridgehead atoms. The molecule has 0 amide bonds. The van der Waals surface area contributed by atoms with Gasteiger partial charge in [-0.25, -0.2) is 19.9 Å². The number of aliphatic imine (C=N–C) groups is 1. The smallest absolute Gasteiger partial charge is 0.164 e. The fourth-order valence-corrected chi connectivity index (χ4v) is 7.65. The quantitative estimate of drug-likeness (QED) is 0.168.